The van der Waals surface area contributed by atoms with Crippen LogP contribution in [0.1, 0.15) is 27.7 Å². The molecule has 0 saturated heterocycles. The molecular formula is C10H25N3S4. The zero-order chi connectivity index (χ0) is 13.1. The van der Waals surface area contributed by atoms with Crippen LogP contribution in [-0.4, -0.2) is 44.6 Å². The van der Waals surface area contributed by atoms with Crippen LogP contribution in [-0.2, 0) is 0 Å². The van der Waals surface area contributed by atoms with E-state index in [1.54, 1.807) is 0 Å². The summed E-state index contributed by atoms with van der Waals surface area (Å²) in [7, 11) is 0. The van der Waals surface area contributed by atoms with Gasteiger partial charge in [0.2, 0.25) is 0 Å². The molecule has 0 aromatic heterocycles. The average molecular weight is 316 g/mol. The smallest absolute Gasteiger partial charge is 0.133 e. The maximum Gasteiger partial charge on any atom is 0.133 e. The Kier molecular flexibility index (Phi) is 19.3. The molecule has 0 heterocycles. The Morgan fingerprint density at radius 3 is 0.941 bits per heavy atom. The number of hydrogen-bond acceptors (Lipinski definition) is 3. The third-order valence-electron chi connectivity index (χ3n) is 2.07. The molecule has 0 unspecified atom stereocenters. The molecule has 0 spiro atoms. The number of nitrogens with zero attached hydrogens (tertiary/aromatic N) is 2. The molecule has 0 amide bonds. The quantitative estimate of drug-likeness (QED) is 0.549. The molecule has 3 N–H and O–H groups in total. The van der Waals surface area contributed by atoms with Crippen molar-refractivity contribution < 1.29 is 0 Å². The van der Waals surface area contributed by atoms with Gasteiger partial charge in [-0.15, -0.1) is 25.3 Å². The number of thiocarbonyl (C=S) groups is 2. The van der Waals surface area contributed by atoms with Crippen molar-refractivity contribution in [2.75, 3.05) is 26.2 Å². The second-order valence-electron chi connectivity index (χ2n) is 2.91. The Morgan fingerprint density at radius 1 is 0.765 bits per heavy atom. The van der Waals surface area contributed by atoms with Gasteiger partial charge in [-0.1, -0.05) is 24.4 Å². The van der Waals surface area contributed by atoms with Gasteiger partial charge >= 0.3 is 0 Å². The first-order chi connectivity index (χ1) is 7.44. The molecule has 0 radical (unpaired) electrons. The monoisotopic (exact) mass is 315 g/mol. The van der Waals surface area contributed by atoms with E-state index in [0.29, 0.717) is 8.64 Å². The van der Waals surface area contributed by atoms with Crippen molar-refractivity contribution >= 4 is 58.3 Å². The van der Waals surface area contributed by atoms with Gasteiger partial charge in [-0.25, -0.2) is 0 Å². The van der Waals surface area contributed by atoms with E-state index < -0.39 is 0 Å². The average Bonchev–Trinajstić information content (AvgIpc) is 2.21. The van der Waals surface area contributed by atoms with Crippen molar-refractivity contribution in [2.24, 2.45) is 0 Å². The Morgan fingerprint density at radius 2 is 0.941 bits per heavy atom. The molecule has 17 heavy (non-hydrogen) atoms. The SMILES string of the molecule is CCN(CC)C(=S)S.CCN(CC)C(=S)S.N. The van der Waals surface area contributed by atoms with E-state index in [1.165, 1.54) is 0 Å². The molecule has 7 heteroatoms. The predicted molar refractivity (Wildman–Crippen MR) is 94.0 cm³/mol. The summed E-state index contributed by atoms with van der Waals surface area (Å²) in [4.78, 5) is 4.02. The van der Waals surface area contributed by atoms with E-state index in [9.17, 15) is 0 Å². The third kappa shape index (κ3) is 12.7. The van der Waals surface area contributed by atoms with E-state index in [-0.39, 0.29) is 6.15 Å². The van der Waals surface area contributed by atoms with Crippen LogP contribution in [0.25, 0.3) is 0 Å². The first-order valence-electron chi connectivity index (χ1n) is 5.40. The molecule has 0 aliphatic heterocycles. The summed E-state index contributed by atoms with van der Waals surface area (Å²) in [5.74, 6) is 0. The van der Waals surface area contributed by atoms with Gasteiger partial charge in [0.05, 0.1) is 0 Å². The van der Waals surface area contributed by atoms with Gasteiger partial charge in [0, 0.05) is 26.2 Å². The molecule has 0 atom stereocenters. The highest BCUT2D eigenvalue weighted by atomic mass is 32.1. The van der Waals surface area contributed by atoms with Crippen LogP contribution >= 0.6 is 49.7 Å². The van der Waals surface area contributed by atoms with Crippen molar-refractivity contribution in [1.29, 1.82) is 0 Å². The minimum absolute atomic E-state index is 0. The van der Waals surface area contributed by atoms with Gasteiger partial charge in [-0.2, -0.15) is 0 Å². The first-order valence-corrected chi connectivity index (χ1v) is 7.11. The van der Waals surface area contributed by atoms with Crippen molar-refractivity contribution in [3.63, 3.8) is 0 Å². The second-order valence-corrected chi connectivity index (χ2v) is 5.14. The van der Waals surface area contributed by atoms with Crippen molar-refractivity contribution in [3.05, 3.63) is 0 Å². The summed E-state index contributed by atoms with van der Waals surface area (Å²) in [6.07, 6.45) is 0. The first kappa shape index (κ1) is 22.6. The highest BCUT2D eigenvalue weighted by Gasteiger charge is 1.96. The minimum atomic E-state index is 0. The van der Waals surface area contributed by atoms with E-state index in [0.717, 1.165) is 26.2 Å². The van der Waals surface area contributed by atoms with Crippen LogP contribution < -0.4 is 6.15 Å². The van der Waals surface area contributed by atoms with Gasteiger partial charge < -0.3 is 16.0 Å². The molecule has 0 rings (SSSR count). The Labute approximate surface area is 128 Å². The molecule has 104 valence electrons. The topological polar surface area (TPSA) is 41.5 Å². The lowest BCUT2D eigenvalue weighted by molar-refractivity contribution is 0.482. The maximum atomic E-state index is 4.81. The van der Waals surface area contributed by atoms with Crippen LogP contribution in [0.5, 0.6) is 0 Å². The molecular weight excluding hydrogens is 290 g/mol. The molecule has 3 nitrogen and oxygen atoms in total. The third-order valence-corrected chi connectivity index (χ3v) is 3.15. The molecule has 0 aliphatic carbocycles. The van der Waals surface area contributed by atoms with Crippen molar-refractivity contribution in [2.45, 2.75) is 27.7 Å². The molecule has 0 fully saturated rings. The molecule has 0 aromatic rings. The van der Waals surface area contributed by atoms with E-state index in [4.69, 9.17) is 24.4 Å². The Hall–Kier alpha value is 0.440. The molecule has 0 bridgehead atoms. The normalized spacial score (nSPS) is 8.35. The van der Waals surface area contributed by atoms with Gasteiger partial charge in [0.25, 0.3) is 0 Å². The second kappa shape index (κ2) is 14.5. The maximum absolute atomic E-state index is 4.81. The summed E-state index contributed by atoms with van der Waals surface area (Å²) < 4.78 is 1.38. The fourth-order valence-electron chi connectivity index (χ4n) is 0.988. The van der Waals surface area contributed by atoms with Gasteiger partial charge in [-0.05, 0) is 27.7 Å². The highest BCUT2D eigenvalue weighted by molar-refractivity contribution is 8.11. The standard InChI is InChI=1S/2C5H11NS2.H3N/c2*1-3-6(4-2)5(7)8;/h2*3-4H2,1-2H3,(H,7,8);1H3. The predicted octanol–water partition coefficient (Wildman–Crippen LogP) is 3.25. The minimum Gasteiger partial charge on any atom is -0.358 e. The van der Waals surface area contributed by atoms with Gasteiger partial charge in [0.1, 0.15) is 8.64 Å². The van der Waals surface area contributed by atoms with E-state index in [1.807, 2.05) is 9.80 Å². The lowest BCUT2D eigenvalue weighted by atomic mass is 10.6. The van der Waals surface area contributed by atoms with Crippen LogP contribution in [0.4, 0.5) is 0 Å². The largest absolute Gasteiger partial charge is 0.358 e. The van der Waals surface area contributed by atoms with E-state index >= 15 is 0 Å². The molecule has 0 saturated carbocycles. The Bertz CT molecular complexity index is 182. The van der Waals surface area contributed by atoms with Crippen LogP contribution in [0.3, 0.4) is 0 Å². The lowest BCUT2D eigenvalue weighted by Crippen LogP contribution is -2.24. The zero-order valence-corrected chi connectivity index (χ0v) is 14.6. The summed E-state index contributed by atoms with van der Waals surface area (Å²) in [5, 5.41) is 0. The number of thiol groups is 2. The lowest BCUT2D eigenvalue weighted by Gasteiger charge is -2.16. The van der Waals surface area contributed by atoms with Gasteiger partial charge in [0.15, 0.2) is 0 Å². The summed E-state index contributed by atoms with van der Waals surface area (Å²) in [5.41, 5.74) is 0. The van der Waals surface area contributed by atoms with Crippen molar-refractivity contribution in [1.82, 2.24) is 16.0 Å². The number of rotatable bonds is 4. The number of hydrogen-bond donors (Lipinski definition) is 3. The summed E-state index contributed by atoms with van der Waals surface area (Å²) in [6, 6.07) is 0. The zero-order valence-electron chi connectivity index (χ0n) is 11.1. The van der Waals surface area contributed by atoms with Crippen LogP contribution in [0, 0.1) is 0 Å². The molecule has 0 aromatic carbocycles. The summed E-state index contributed by atoms with van der Waals surface area (Å²) in [6.45, 7) is 12.1. The van der Waals surface area contributed by atoms with Crippen LogP contribution in [0.15, 0.2) is 0 Å². The van der Waals surface area contributed by atoms with E-state index in [2.05, 4.69) is 53.0 Å². The van der Waals surface area contributed by atoms with Gasteiger partial charge in [-0.3, -0.25) is 0 Å². The van der Waals surface area contributed by atoms with Crippen LogP contribution in [0.2, 0.25) is 0 Å². The molecule has 0 aliphatic rings. The highest BCUT2D eigenvalue weighted by Crippen LogP contribution is 1.94. The fraction of sp³-hybridized carbons (Fsp3) is 0.800. The van der Waals surface area contributed by atoms with Crippen molar-refractivity contribution in [3.8, 4) is 0 Å². The summed E-state index contributed by atoms with van der Waals surface area (Å²) >= 11 is 17.6. The Balaban J connectivity index is -0.000000218. The fourth-order valence-corrected chi connectivity index (χ4v) is 2.07.